The van der Waals surface area contributed by atoms with Gasteiger partial charge in [-0.1, -0.05) is 0 Å². The second kappa shape index (κ2) is 7.67. The average molecular weight is 395 g/mol. The number of anilines is 1. The van der Waals surface area contributed by atoms with Crippen LogP contribution < -0.4 is 16.4 Å². The van der Waals surface area contributed by atoms with Crippen LogP contribution in [0.3, 0.4) is 0 Å². The van der Waals surface area contributed by atoms with E-state index in [0.717, 1.165) is 37.3 Å². The summed E-state index contributed by atoms with van der Waals surface area (Å²) in [5.74, 6) is 0.139. The molecule has 152 valence electrons. The summed E-state index contributed by atoms with van der Waals surface area (Å²) in [6.07, 6.45) is 1.06. The van der Waals surface area contributed by atoms with Crippen molar-refractivity contribution in [1.82, 2.24) is 24.6 Å². The molecule has 1 saturated heterocycles. The van der Waals surface area contributed by atoms with E-state index in [4.69, 9.17) is 5.73 Å². The Bertz CT molecular complexity index is 1080. The number of rotatable bonds is 6. The Balaban J connectivity index is 1.72. The van der Waals surface area contributed by atoms with E-state index in [1.807, 2.05) is 24.5 Å². The third-order valence-corrected chi connectivity index (χ3v) is 5.30. The number of primary amides is 1. The van der Waals surface area contributed by atoms with E-state index in [0.29, 0.717) is 35.2 Å². The normalized spacial score (nSPS) is 16.4. The standard InChI is InChI=1S/C20H25N7O2/c1-3-27-17(8-12(2)25-27)19(29)24-20-23-15-9-14(18(21)28)4-5-16(15)26(20)11-13-6-7-22-10-13/h4-5,8-9,13,22H,3,6-7,10-11H2,1-2H3,(H2,21,28)(H,23,24,29)/t13-/m0/s1. The molecule has 1 atom stereocenters. The van der Waals surface area contributed by atoms with Crippen molar-refractivity contribution in [3.05, 3.63) is 41.2 Å². The van der Waals surface area contributed by atoms with E-state index in [1.165, 1.54) is 0 Å². The van der Waals surface area contributed by atoms with E-state index in [9.17, 15) is 9.59 Å². The summed E-state index contributed by atoms with van der Waals surface area (Å²) >= 11 is 0. The number of imidazole rings is 1. The van der Waals surface area contributed by atoms with Gasteiger partial charge >= 0.3 is 0 Å². The molecule has 1 fully saturated rings. The molecule has 1 aliphatic rings. The molecule has 0 unspecified atom stereocenters. The Labute approximate surface area is 168 Å². The lowest BCUT2D eigenvalue weighted by atomic mass is 10.1. The lowest BCUT2D eigenvalue weighted by molar-refractivity contribution is 0.0996. The molecular formula is C20H25N7O2. The van der Waals surface area contributed by atoms with Crippen molar-refractivity contribution in [2.45, 2.75) is 33.4 Å². The molecule has 9 heteroatoms. The second-order valence-corrected chi connectivity index (χ2v) is 7.41. The van der Waals surface area contributed by atoms with Crippen LogP contribution in [-0.2, 0) is 13.1 Å². The highest BCUT2D eigenvalue weighted by Gasteiger charge is 2.22. The van der Waals surface area contributed by atoms with Gasteiger partial charge in [-0.05, 0) is 63.5 Å². The van der Waals surface area contributed by atoms with Gasteiger partial charge in [-0.25, -0.2) is 4.98 Å². The zero-order valence-corrected chi connectivity index (χ0v) is 16.6. The molecule has 29 heavy (non-hydrogen) atoms. The number of aryl methyl sites for hydroxylation is 2. The molecule has 3 aromatic rings. The van der Waals surface area contributed by atoms with Crippen LogP contribution >= 0.6 is 0 Å². The summed E-state index contributed by atoms with van der Waals surface area (Å²) in [5, 5.41) is 10.6. The van der Waals surface area contributed by atoms with E-state index in [1.54, 1.807) is 22.9 Å². The first-order valence-corrected chi connectivity index (χ1v) is 9.83. The minimum absolute atomic E-state index is 0.260. The molecule has 0 saturated carbocycles. The molecule has 2 aromatic heterocycles. The number of hydrogen-bond acceptors (Lipinski definition) is 5. The van der Waals surface area contributed by atoms with Crippen LogP contribution in [0.2, 0.25) is 0 Å². The van der Waals surface area contributed by atoms with Crippen molar-refractivity contribution in [2.24, 2.45) is 11.7 Å². The second-order valence-electron chi connectivity index (χ2n) is 7.41. The van der Waals surface area contributed by atoms with Gasteiger partial charge in [-0.2, -0.15) is 5.10 Å². The van der Waals surface area contributed by atoms with E-state index < -0.39 is 5.91 Å². The van der Waals surface area contributed by atoms with Crippen molar-refractivity contribution < 1.29 is 9.59 Å². The molecule has 1 aromatic carbocycles. The molecule has 0 aliphatic carbocycles. The van der Waals surface area contributed by atoms with Crippen LogP contribution in [0.15, 0.2) is 24.3 Å². The summed E-state index contributed by atoms with van der Waals surface area (Å²) in [7, 11) is 0. The van der Waals surface area contributed by atoms with Gasteiger partial charge in [0, 0.05) is 18.7 Å². The maximum absolute atomic E-state index is 12.9. The van der Waals surface area contributed by atoms with Gasteiger partial charge < -0.3 is 15.6 Å². The fourth-order valence-corrected chi connectivity index (χ4v) is 3.83. The number of amides is 2. The molecule has 2 amide bonds. The molecule has 0 spiro atoms. The SMILES string of the molecule is CCn1nc(C)cc1C(=O)Nc1nc2cc(C(N)=O)ccc2n1C[C@H]1CCNC1. The fraction of sp³-hybridized carbons (Fsp3) is 0.400. The zero-order valence-electron chi connectivity index (χ0n) is 16.6. The average Bonchev–Trinajstić information content (AvgIpc) is 3.41. The Morgan fingerprint density at radius 2 is 2.17 bits per heavy atom. The highest BCUT2D eigenvalue weighted by Crippen LogP contribution is 2.24. The minimum Gasteiger partial charge on any atom is -0.366 e. The number of carbonyl (C=O) groups is 2. The number of nitrogens with one attached hydrogen (secondary N) is 2. The summed E-state index contributed by atoms with van der Waals surface area (Å²) in [6, 6.07) is 6.95. The van der Waals surface area contributed by atoms with Crippen molar-refractivity contribution in [3.8, 4) is 0 Å². The maximum Gasteiger partial charge on any atom is 0.276 e. The molecule has 0 bridgehead atoms. The summed E-state index contributed by atoms with van der Waals surface area (Å²) in [5.41, 5.74) is 8.56. The van der Waals surface area contributed by atoms with E-state index in [2.05, 4.69) is 20.7 Å². The molecule has 9 nitrogen and oxygen atoms in total. The number of fused-ring (bicyclic) bond motifs is 1. The highest BCUT2D eigenvalue weighted by atomic mass is 16.2. The zero-order chi connectivity index (χ0) is 20.5. The number of aromatic nitrogens is 4. The smallest absolute Gasteiger partial charge is 0.276 e. The third-order valence-electron chi connectivity index (χ3n) is 5.30. The molecule has 1 aliphatic heterocycles. The molecule has 0 radical (unpaired) electrons. The van der Waals surface area contributed by atoms with Gasteiger partial charge in [0.05, 0.1) is 16.7 Å². The van der Waals surface area contributed by atoms with Gasteiger partial charge in [0.25, 0.3) is 5.91 Å². The van der Waals surface area contributed by atoms with Crippen LogP contribution in [0.5, 0.6) is 0 Å². The molecular weight excluding hydrogens is 370 g/mol. The first-order chi connectivity index (χ1) is 14.0. The lowest BCUT2D eigenvalue weighted by Crippen LogP contribution is -2.21. The lowest BCUT2D eigenvalue weighted by Gasteiger charge is -2.14. The van der Waals surface area contributed by atoms with Crippen LogP contribution in [0.1, 0.15) is 39.9 Å². The predicted octanol–water partition coefficient (Wildman–Crippen LogP) is 1.52. The topological polar surface area (TPSA) is 120 Å². The van der Waals surface area contributed by atoms with Gasteiger partial charge in [0.15, 0.2) is 0 Å². The van der Waals surface area contributed by atoms with Crippen molar-refractivity contribution in [3.63, 3.8) is 0 Å². The van der Waals surface area contributed by atoms with Crippen LogP contribution in [0.4, 0.5) is 5.95 Å². The van der Waals surface area contributed by atoms with Crippen LogP contribution in [-0.4, -0.2) is 44.2 Å². The van der Waals surface area contributed by atoms with Crippen molar-refractivity contribution >= 4 is 28.8 Å². The van der Waals surface area contributed by atoms with Crippen LogP contribution in [0.25, 0.3) is 11.0 Å². The molecule has 3 heterocycles. The van der Waals surface area contributed by atoms with Gasteiger partial charge in [-0.3, -0.25) is 19.6 Å². The summed E-state index contributed by atoms with van der Waals surface area (Å²) < 4.78 is 3.68. The first kappa shape index (κ1) is 19.1. The number of nitrogens with zero attached hydrogens (tertiary/aromatic N) is 4. The van der Waals surface area contributed by atoms with E-state index in [-0.39, 0.29) is 5.91 Å². The monoisotopic (exact) mass is 395 g/mol. The van der Waals surface area contributed by atoms with Crippen LogP contribution in [0, 0.1) is 12.8 Å². The number of nitrogens with two attached hydrogens (primary N) is 1. The number of carbonyl (C=O) groups excluding carboxylic acids is 2. The number of benzene rings is 1. The summed E-state index contributed by atoms with van der Waals surface area (Å²) in [4.78, 5) is 29.1. The summed E-state index contributed by atoms with van der Waals surface area (Å²) in [6.45, 7) is 7.03. The maximum atomic E-state index is 12.9. The molecule has 4 N–H and O–H groups in total. The van der Waals surface area contributed by atoms with Crippen molar-refractivity contribution in [1.29, 1.82) is 0 Å². The Morgan fingerprint density at radius 1 is 1.34 bits per heavy atom. The van der Waals surface area contributed by atoms with Gasteiger partial charge in [-0.15, -0.1) is 0 Å². The van der Waals surface area contributed by atoms with E-state index >= 15 is 0 Å². The Hall–Kier alpha value is -3.20. The minimum atomic E-state index is -0.505. The Kier molecular flexibility index (Phi) is 5.06. The van der Waals surface area contributed by atoms with Gasteiger partial charge in [0.2, 0.25) is 11.9 Å². The highest BCUT2D eigenvalue weighted by molar-refractivity contribution is 6.03. The quantitative estimate of drug-likeness (QED) is 0.584. The number of hydrogen-bond donors (Lipinski definition) is 3. The first-order valence-electron chi connectivity index (χ1n) is 9.83. The van der Waals surface area contributed by atoms with Gasteiger partial charge in [0.1, 0.15) is 5.69 Å². The van der Waals surface area contributed by atoms with Crippen molar-refractivity contribution in [2.75, 3.05) is 18.4 Å². The third kappa shape index (κ3) is 3.73. The largest absolute Gasteiger partial charge is 0.366 e. The molecule has 4 rings (SSSR count). The predicted molar refractivity (Wildman–Crippen MR) is 110 cm³/mol. The fourth-order valence-electron chi connectivity index (χ4n) is 3.83. The Morgan fingerprint density at radius 3 is 2.86 bits per heavy atom.